The number of rotatable bonds is 5. The molecule has 0 radical (unpaired) electrons. The van der Waals surface area contributed by atoms with E-state index in [-0.39, 0.29) is 42.2 Å². The minimum atomic E-state index is -0.847. The molecule has 0 bridgehead atoms. The average Bonchev–Trinajstić information content (AvgIpc) is 3.52. The molecule has 2 fully saturated rings. The molecule has 3 unspecified atom stereocenters. The Labute approximate surface area is 200 Å². The quantitative estimate of drug-likeness (QED) is 0.614. The van der Waals surface area contributed by atoms with Crippen molar-refractivity contribution in [2.45, 2.75) is 50.7 Å². The van der Waals surface area contributed by atoms with Gasteiger partial charge in [-0.15, -0.1) is 11.3 Å². The lowest BCUT2D eigenvalue weighted by Gasteiger charge is -2.40. The van der Waals surface area contributed by atoms with Crippen LogP contribution in [0.2, 0.25) is 0 Å². The topological polar surface area (TPSA) is 135 Å². The molecular formula is C22H26N6O5S. The van der Waals surface area contributed by atoms with E-state index in [0.717, 1.165) is 5.01 Å². The lowest BCUT2D eigenvalue weighted by Crippen LogP contribution is -2.59. The Morgan fingerprint density at radius 3 is 2.59 bits per heavy atom. The molecule has 0 aliphatic carbocycles. The van der Waals surface area contributed by atoms with Crippen LogP contribution in [-0.2, 0) is 14.3 Å². The molecular weight excluding hydrogens is 460 g/mol. The SMILES string of the molecule is COC(=O)C1CCCN1C(=O)C1CC(NC(=O)c2cnccn2)CCN1C(=O)c1csc(C)n1. The first-order chi connectivity index (χ1) is 16.4. The summed E-state index contributed by atoms with van der Waals surface area (Å²) in [6.45, 7) is 2.47. The van der Waals surface area contributed by atoms with Crippen molar-refractivity contribution in [1.29, 1.82) is 0 Å². The van der Waals surface area contributed by atoms with Crippen molar-refractivity contribution in [3.63, 3.8) is 0 Å². The van der Waals surface area contributed by atoms with E-state index in [2.05, 4.69) is 20.3 Å². The van der Waals surface area contributed by atoms with Gasteiger partial charge in [-0.25, -0.2) is 14.8 Å². The number of thiazole rings is 1. The van der Waals surface area contributed by atoms with E-state index >= 15 is 0 Å². The normalized spacial score (nSPS) is 22.4. The number of amides is 3. The maximum Gasteiger partial charge on any atom is 0.328 e. The summed E-state index contributed by atoms with van der Waals surface area (Å²) < 4.78 is 4.88. The number of carbonyl (C=O) groups is 4. The molecule has 4 heterocycles. The fourth-order valence-electron chi connectivity index (χ4n) is 4.46. The predicted molar refractivity (Wildman–Crippen MR) is 121 cm³/mol. The van der Waals surface area contributed by atoms with Gasteiger partial charge in [0.1, 0.15) is 23.5 Å². The monoisotopic (exact) mass is 486 g/mol. The van der Waals surface area contributed by atoms with Gasteiger partial charge in [0.25, 0.3) is 11.8 Å². The number of likely N-dealkylation sites (tertiary alicyclic amines) is 2. The van der Waals surface area contributed by atoms with Gasteiger partial charge in [-0.2, -0.15) is 0 Å². The van der Waals surface area contributed by atoms with Crippen molar-refractivity contribution in [1.82, 2.24) is 30.1 Å². The molecule has 2 aromatic heterocycles. The van der Waals surface area contributed by atoms with E-state index in [0.29, 0.717) is 25.8 Å². The highest BCUT2D eigenvalue weighted by Gasteiger charge is 2.44. The fourth-order valence-corrected chi connectivity index (χ4v) is 5.05. The third-order valence-corrected chi connectivity index (χ3v) is 6.90. The molecule has 180 valence electrons. The molecule has 4 rings (SSSR count). The second-order valence-corrected chi connectivity index (χ2v) is 9.33. The number of aromatic nitrogens is 3. The van der Waals surface area contributed by atoms with Gasteiger partial charge in [0.15, 0.2) is 0 Å². The summed E-state index contributed by atoms with van der Waals surface area (Å²) in [7, 11) is 1.29. The standard InChI is InChI=1S/C22H26N6O5S/c1-13-25-16(12-34-13)20(30)28-9-5-14(26-19(29)15-11-23-6-7-24-15)10-18(28)21(31)27-8-3-4-17(27)22(32)33-2/h6-7,11-12,14,17-18H,3-5,8-10H2,1-2H3,(H,26,29). The Morgan fingerprint density at radius 2 is 1.91 bits per heavy atom. The number of carbonyl (C=O) groups excluding carboxylic acids is 4. The van der Waals surface area contributed by atoms with Crippen LogP contribution in [0.4, 0.5) is 0 Å². The Bertz CT molecular complexity index is 1080. The smallest absolute Gasteiger partial charge is 0.328 e. The highest BCUT2D eigenvalue weighted by atomic mass is 32.1. The predicted octanol–water partition coefficient (Wildman–Crippen LogP) is 0.809. The first-order valence-corrected chi connectivity index (χ1v) is 11.9. The summed E-state index contributed by atoms with van der Waals surface area (Å²) >= 11 is 1.36. The van der Waals surface area contributed by atoms with Crippen LogP contribution in [0, 0.1) is 6.92 Å². The van der Waals surface area contributed by atoms with Gasteiger partial charge in [-0.3, -0.25) is 19.4 Å². The first kappa shape index (κ1) is 23.7. The van der Waals surface area contributed by atoms with E-state index < -0.39 is 24.0 Å². The zero-order valence-corrected chi connectivity index (χ0v) is 19.8. The zero-order valence-electron chi connectivity index (χ0n) is 19.0. The molecule has 0 aromatic carbocycles. The van der Waals surface area contributed by atoms with E-state index in [1.165, 1.54) is 46.8 Å². The fraction of sp³-hybridized carbons (Fsp3) is 0.500. The number of aryl methyl sites for hydroxylation is 1. The van der Waals surface area contributed by atoms with E-state index in [1.54, 1.807) is 5.38 Å². The van der Waals surface area contributed by atoms with Gasteiger partial charge in [-0.1, -0.05) is 0 Å². The molecule has 2 aromatic rings. The van der Waals surface area contributed by atoms with Crippen LogP contribution < -0.4 is 5.32 Å². The zero-order chi connectivity index (χ0) is 24.2. The molecule has 3 atom stereocenters. The maximum atomic E-state index is 13.7. The number of piperidine rings is 1. The number of nitrogens with one attached hydrogen (secondary N) is 1. The van der Waals surface area contributed by atoms with Crippen molar-refractivity contribution in [2.24, 2.45) is 0 Å². The molecule has 2 aliphatic heterocycles. The van der Waals surface area contributed by atoms with E-state index in [4.69, 9.17) is 4.74 Å². The van der Waals surface area contributed by atoms with Crippen molar-refractivity contribution < 1.29 is 23.9 Å². The maximum absolute atomic E-state index is 13.7. The van der Waals surface area contributed by atoms with E-state index in [9.17, 15) is 19.2 Å². The van der Waals surface area contributed by atoms with Crippen molar-refractivity contribution in [3.8, 4) is 0 Å². The van der Waals surface area contributed by atoms with Crippen LogP contribution in [0.1, 0.15) is 51.7 Å². The van der Waals surface area contributed by atoms with Crippen LogP contribution in [0.15, 0.2) is 24.0 Å². The molecule has 0 saturated carbocycles. The second kappa shape index (κ2) is 10.2. The Hall–Kier alpha value is -3.41. The van der Waals surface area contributed by atoms with Crippen molar-refractivity contribution in [2.75, 3.05) is 20.2 Å². The molecule has 0 spiro atoms. The number of esters is 1. The number of ether oxygens (including phenoxy) is 1. The molecule has 2 aliphatic rings. The summed E-state index contributed by atoms with van der Waals surface area (Å²) in [5.41, 5.74) is 0.459. The van der Waals surface area contributed by atoms with Crippen molar-refractivity contribution >= 4 is 35.0 Å². The molecule has 11 nitrogen and oxygen atoms in total. The van der Waals surface area contributed by atoms with Crippen LogP contribution in [0.3, 0.4) is 0 Å². The average molecular weight is 487 g/mol. The molecule has 2 saturated heterocycles. The van der Waals surface area contributed by atoms with Gasteiger partial charge < -0.3 is 19.9 Å². The molecule has 3 amide bonds. The van der Waals surface area contributed by atoms with Gasteiger partial charge in [0.05, 0.1) is 18.3 Å². The van der Waals surface area contributed by atoms with Crippen LogP contribution in [0.25, 0.3) is 0 Å². The van der Waals surface area contributed by atoms with Gasteiger partial charge in [-0.05, 0) is 32.6 Å². The summed E-state index contributed by atoms with van der Waals surface area (Å²) in [6, 6.07) is -1.88. The lowest BCUT2D eigenvalue weighted by atomic mass is 9.95. The Morgan fingerprint density at radius 1 is 1.09 bits per heavy atom. The van der Waals surface area contributed by atoms with Crippen LogP contribution in [0.5, 0.6) is 0 Å². The van der Waals surface area contributed by atoms with Gasteiger partial charge >= 0.3 is 5.97 Å². The van der Waals surface area contributed by atoms with E-state index in [1.807, 2.05) is 6.92 Å². The molecule has 1 N–H and O–H groups in total. The summed E-state index contributed by atoms with van der Waals surface area (Å²) in [6.07, 6.45) is 6.13. The van der Waals surface area contributed by atoms with Crippen LogP contribution >= 0.6 is 11.3 Å². The number of methoxy groups -OCH3 is 1. The summed E-state index contributed by atoms with van der Waals surface area (Å²) in [4.78, 5) is 67.0. The summed E-state index contributed by atoms with van der Waals surface area (Å²) in [5, 5.41) is 5.33. The molecule has 12 heteroatoms. The minimum absolute atomic E-state index is 0.173. The third kappa shape index (κ3) is 4.91. The Kier molecular flexibility index (Phi) is 7.15. The third-order valence-electron chi connectivity index (χ3n) is 6.13. The Balaban J connectivity index is 1.56. The second-order valence-electron chi connectivity index (χ2n) is 8.26. The number of hydrogen-bond acceptors (Lipinski definition) is 9. The lowest BCUT2D eigenvalue weighted by molar-refractivity contribution is -0.153. The van der Waals surface area contributed by atoms with Crippen LogP contribution in [-0.4, -0.2) is 86.8 Å². The van der Waals surface area contributed by atoms with Gasteiger partial charge in [0.2, 0.25) is 5.91 Å². The highest BCUT2D eigenvalue weighted by Crippen LogP contribution is 2.27. The van der Waals surface area contributed by atoms with Crippen molar-refractivity contribution in [3.05, 3.63) is 40.4 Å². The minimum Gasteiger partial charge on any atom is -0.467 e. The number of hydrogen-bond donors (Lipinski definition) is 1. The largest absolute Gasteiger partial charge is 0.467 e. The highest BCUT2D eigenvalue weighted by molar-refractivity contribution is 7.09. The first-order valence-electron chi connectivity index (χ1n) is 11.1. The number of nitrogens with zero attached hydrogens (tertiary/aromatic N) is 5. The van der Waals surface area contributed by atoms with Gasteiger partial charge in [0, 0.05) is 36.9 Å². The summed E-state index contributed by atoms with van der Waals surface area (Å²) in [5.74, 6) is -1.53. The molecule has 34 heavy (non-hydrogen) atoms.